The molecule has 2 aromatic rings. The molecule has 0 spiro atoms. The zero-order valence-electron chi connectivity index (χ0n) is 10.2. The van der Waals surface area contributed by atoms with Gasteiger partial charge in [0.1, 0.15) is 23.8 Å². The maximum atomic E-state index is 9.83. The summed E-state index contributed by atoms with van der Waals surface area (Å²) in [5.74, 6) is 0.306. The Morgan fingerprint density at radius 1 is 1.55 bits per heavy atom. The van der Waals surface area contributed by atoms with Crippen molar-refractivity contribution in [1.82, 2.24) is 14.5 Å². The molecule has 1 aliphatic rings. The smallest absolute Gasteiger partial charge is 0.226 e. The zero-order chi connectivity index (χ0) is 14.4. The average molecular weight is 411 g/mol. The summed E-state index contributed by atoms with van der Waals surface area (Å²) in [6.45, 7) is -0.230. The molecular weight excluding hydrogens is 399 g/mol. The molecule has 3 heterocycles. The van der Waals surface area contributed by atoms with Crippen LogP contribution in [0, 0.1) is 3.57 Å². The van der Waals surface area contributed by atoms with Crippen LogP contribution in [-0.2, 0) is 4.74 Å². The van der Waals surface area contributed by atoms with Gasteiger partial charge in [0, 0.05) is 16.2 Å². The van der Waals surface area contributed by atoms with Gasteiger partial charge >= 0.3 is 0 Å². The summed E-state index contributed by atoms with van der Waals surface area (Å²) in [6, 6.07) is 0. The molecule has 20 heavy (non-hydrogen) atoms. The van der Waals surface area contributed by atoms with Crippen molar-refractivity contribution < 1.29 is 14.9 Å². The van der Waals surface area contributed by atoms with Crippen molar-refractivity contribution in [1.29, 1.82) is 0 Å². The lowest BCUT2D eigenvalue weighted by Gasteiger charge is -2.14. The first-order valence-corrected chi connectivity index (χ1v) is 7.40. The Labute approximate surface area is 132 Å². The monoisotopic (exact) mass is 410 g/mol. The second-order valence-electron chi connectivity index (χ2n) is 4.58. The minimum absolute atomic E-state index is 0.0583. The summed E-state index contributed by atoms with van der Waals surface area (Å²) in [5.41, 5.74) is 6.42. The van der Waals surface area contributed by atoms with E-state index < -0.39 is 18.4 Å². The van der Waals surface area contributed by atoms with Gasteiger partial charge in [-0.05, 0) is 34.2 Å². The Morgan fingerprint density at radius 3 is 2.95 bits per heavy atom. The van der Waals surface area contributed by atoms with E-state index in [4.69, 9.17) is 27.2 Å². The zero-order valence-corrected chi connectivity index (χ0v) is 13.1. The van der Waals surface area contributed by atoms with Gasteiger partial charge in [0.15, 0.2) is 0 Å². The Morgan fingerprint density at radius 2 is 2.30 bits per heavy atom. The van der Waals surface area contributed by atoms with Gasteiger partial charge in [-0.25, -0.2) is 4.98 Å². The molecule has 0 unspecified atom stereocenters. The van der Waals surface area contributed by atoms with Gasteiger partial charge < -0.3 is 25.3 Å². The van der Waals surface area contributed by atoms with E-state index in [0.29, 0.717) is 23.3 Å². The summed E-state index contributed by atoms with van der Waals surface area (Å²) in [4.78, 5) is 8.12. The number of nitrogen functional groups attached to an aromatic ring is 1. The number of fused-ring (bicyclic) bond motifs is 1. The summed E-state index contributed by atoms with van der Waals surface area (Å²) < 4.78 is 8.26. The normalized spacial score (nSPS) is 26.5. The highest BCUT2D eigenvalue weighted by Crippen LogP contribution is 2.35. The first kappa shape index (κ1) is 14.3. The fourth-order valence-corrected chi connectivity index (χ4v) is 3.36. The first-order valence-electron chi connectivity index (χ1n) is 5.94. The van der Waals surface area contributed by atoms with E-state index in [1.807, 2.05) is 6.20 Å². The van der Waals surface area contributed by atoms with E-state index in [2.05, 4.69) is 32.6 Å². The summed E-state index contributed by atoms with van der Waals surface area (Å²) in [6.07, 6.45) is 0.467. The van der Waals surface area contributed by atoms with E-state index in [1.54, 1.807) is 4.57 Å². The second kappa shape index (κ2) is 5.26. The molecule has 108 valence electrons. The van der Waals surface area contributed by atoms with Crippen LogP contribution in [0.25, 0.3) is 11.0 Å². The van der Waals surface area contributed by atoms with Crippen LogP contribution in [0.15, 0.2) is 6.20 Å². The molecule has 0 bridgehead atoms. The van der Waals surface area contributed by atoms with Crippen molar-refractivity contribution in [3.63, 3.8) is 0 Å². The molecular formula is C11H12ClIN4O3. The fourth-order valence-electron chi connectivity index (χ4n) is 2.37. The molecule has 4 N–H and O–H groups in total. The lowest BCUT2D eigenvalue weighted by atomic mass is 10.2. The lowest BCUT2D eigenvalue weighted by Crippen LogP contribution is -2.24. The third-order valence-corrected chi connectivity index (χ3v) is 4.31. The van der Waals surface area contributed by atoms with E-state index in [0.717, 1.165) is 3.57 Å². The van der Waals surface area contributed by atoms with E-state index in [9.17, 15) is 5.11 Å². The summed E-state index contributed by atoms with van der Waals surface area (Å²) in [5, 5.41) is 19.7. The second-order valence-corrected chi connectivity index (χ2v) is 6.08. The third kappa shape index (κ3) is 2.25. The number of ether oxygens (including phenoxy) is 1. The van der Waals surface area contributed by atoms with Crippen LogP contribution in [0.2, 0.25) is 5.28 Å². The number of nitrogens with zero attached hydrogens (tertiary/aromatic N) is 3. The topological polar surface area (TPSA) is 106 Å². The van der Waals surface area contributed by atoms with Crippen LogP contribution in [0.5, 0.6) is 0 Å². The predicted molar refractivity (Wildman–Crippen MR) is 81.3 cm³/mol. The van der Waals surface area contributed by atoms with E-state index in [-0.39, 0.29) is 11.9 Å². The summed E-state index contributed by atoms with van der Waals surface area (Å²) in [7, 11) is 0. The first-order chi connectivity index (χ1) is 9.51. The third-order valence-electron chi connectivity index (χ3n) is 3.32. The number of nitrogens with two attached hydrogens (primary N) is 1. The van der Waals surface area contributed by atoms with Crippen LogP contribution in [0.3, 0.4) is 0 Å². The van der Waals surface area contributed by atoms with Crippen LogP contribution >= 0.6 is 34.2 Å². The highest BCUT2D eigenvalue weighted by molar-refractivity contribution is 14.1. The van der Waals surface area contributed by atoms with Gasteiger partial charge in [-0.2, -0.15) is 4.98 Å². The van der Waals surface area contributed by atoms with Gasteiger partial charge in [-0.1, -0.05) is 0 Å². The van der Waals surface area contributed by atoms with Gasteiger partial charge in [0.05, 0.1) is 18.1 Å². The van der Waals surface area contributed by atoms with Gasteiger partial charge in [0.25, 0.3) is 0 Å². The molecule has 0 aromatic carbocycles. The maximum absolute atomic E-state index is 9.83. The van der Waals surface area contributed by atoms with Gasteiger partial charge in [-0.3, -0.25) is 0 Å². The van der Waals surface area contributed by atoms with Crippen molar-refractivity contribution in [2.75, 3.05) is 12.3 Å². The largest absolute Gasteiger partial charge is 0.394 e. The minimum atomic E-state index is -0.713. The van der Waals surface area contributed by atoms with Crippen molar-refractivity contribution in [3.05, 3.63) is 15.1 Å². The fraction of sp³-hybridized carbons (Fsp3) is 0.455. The number of aromatic nitrogens is 3. The molecule has 3 atom stereocenters. The molecule has 2 aromatic heterocycles. The molecule has 1 aliphatic heterocycles. The lowest BCUT2D eigenvalue weighted by molar-refractivity contribution is -0.0430. The van der Waals surface area contributed by atoms with E-state index in [1.165, 1.54) is 0 Å². The number of anilines is 1. The maximum Gasteiger partial charge on any atom is 0.226 e. The van der Waals surface area contributed by atoms with Crippen molar-refractivity contribution in [3.8, 4) is 0 Å². The number of halogens is 2. The van der Waals surface area contributed by atoms with Crippen molar-refractivity contribution in [2.45, 2.75) is 24.9 Å². The molecule has 1 saturated heterocycles. The Bertz CT molecular complexity index is 665. The molecule has 0 saturated carbocycles. The molecule has 3 rings (SSSR count). The molecule has 0 aliphatic carbocycles. The van der Waals surface area contributed by atoms with Crippen LogP contribution in [0.1, 0.15) is 12.6 Å². The summed E-state index contributed by atoms with van der Waals surface area (Å²) >= 11 is 7.98. The average Bonchev–Trinajstić information content (AvgIpc) is 2.90. The van der Waals surface area contributed by atoms with Gasteiger partial charge in [0.2, 0.25) is 5.28 Å². The number of aliphatic hydroxyl groups is 2. The number of hydrogen-bond donors (Lipinski definition) is 3. The molecule has 0 radical (unpaired) electrons. The molecule has 0 amide bonds. The standard InChI is InChI=1S/C11H12ClIN4O3/c12-11-15-9(14)8-4(13)2-17(10(8)16-11)7-1-5(19)6(3-18)20-7/h2,5-7,18-19H,1,3H2,(H2,14,15,16)/t5-,6+,7+/m0/s1. The van der Waals surface area contributed by atoms with E-state index >= 15 is 0 Å². The Balaban J connectivity index is 2.09. The molecule has 7 nitrogen and oxygen atoms in total. The number of aliphatic hydroxyl groups excluding tert-OH is 2. The van der Waals surface area contributed by atoms with Crippen molar-refractivity contribution in [2.24, 2.45) is 0 Å². The molecule has 9 heteroatoms. The SMILES string of the molecule is Nc1nc(Cl)nc2c1c(I)cn2[C@H]1C[C@H](O)[C@@H](CO)O1. The van der Waals surface area contributed by atoms with Crippen LogP contribution in [0.4, 0.5) is 5.82 Å². The predicted octanol–water partition coefficient (Wildman–Crippen LogP) is 0.912. The highest BCUT2D eigenvalue weighted by Gasteiger charge is 2.35. The van der Waals surface area contributed by atoms with Gasteiger partial charge in [-0.15, -0.1) is 0 Å². The Hall–Kier alpha value is -0.680. The highest BCUT2D eigenvalue weighted by atomic mass is 127. The number of hydrogen-bond acceptors (Lipinski definition) is 6. The minimum Gasteiger partial charge on any atom is -0.394 e. The van der Waals surface area contributed by atoms with Crippen molar-refractivity contribution >= 4 is 51.0 Å². The van der Waals surface area contributed by atoms with Crippen LogP contribution in [-0.4, -0.2) is 43.6 Å². The number of rotatable bonds is 2. The molecule has 1 fully saturated rings. The quantitative estimate of drug-likeness (QED) is 0.502. The van der Waals surface area contributed by atoms with Crippen LogP contribution < -0.4 is 5.73 Å². The Kier molecular flexibility index (Phi) is 3.75.